The van der Waals surface area contributed by atoms with Crippen molar-refractivity contribution in [3.8, 4) is 0 Å². The maximum atomic E-state index is 5.07. The molecule has 0 amide bonds. The molecule has 0 spiro atoms. The minimum Gasteiger partial charge on any atom is -0.383 e. The predicted molar refractivity (Wildman–Crippen MR) is 57.1 cm³/mol. The van der Waals surface area contributed by atoms with Crippen LogP contribution in [-0.4, -0.2) is 24.7 Å². The van der Waals surface area contributed by atoms with Crippen LogP contribution in [0.3, 0.4) is 0 Å². The lowest BCUT2D eigenvalue weighted by Crippen LogP contribution is -2.32. The highest BCUT2D eigenvalue weighted by Gasteiger charge is 2.08. The summed E-state index contributed by atoms with van der Waals surface area (Å²) in [5.41, 5.74) is 1.25. The highest BCUT2D eigenvalue weighted by molar-refractivity contribution is 5.14. The summed E-state index contributed by atoms with van der Waals surface area (Å²) in [4.78, 5) is 3.99. The van der Waals surface area contributed by atoms with E-state index >= 15 is 0 Å². The van der Waals surface area contributed by atoms with Gasteiger partial charge in [-0.1, -0.05) is 0 Å². The summed E-state index contributed by atoms with van der Waals surface area (Å²) in [5.74, 6) is 0. The number of ether oxygens (including phenoxy) is 1. The highest BCUT2D eigenvalue weighted by atomic mass is 16.5. The summed E-state index contributed by atoms with van der Waals surface area (Å²) in [5, 5.41) is 3.44. The molecule has 1 aromatic heterocycles. The SMILES string of the molecule is COC[C@@H](C)N[C@H](C)c1ccncc1. The van der Waals surface area contributed by atoms with E-state index in [4.69, 9.17) is 4.74 Å². The molecular weight excluding hydrogens is 176 g/mol. The number of methoxy groups -OCH3 is 1. The molecule has 3 nitrogen and oxygen atoms in total. The van der Waals surface area contributed by atoms with Gasteiger partial charge in [0.25, 0.3) is 0 Å². The van der Waals surface area contributed by atoms with E-state index in [1.54, 1.807) is 7.11 Å². The van der Waals surface area contributed by atoms with Crippen LogP contribution in [0.2, 0.25) is 0 Å². The molecule has 0 saturated heterocycles. The normalized spacial score (nSPS) is 15.1. The number of hydrogen-bond donors (Lipinski definition) is 1. The lowest BCUT2D eigenvalue weighted by molar-refractivity contribution is 0.167. The van der Waals surface area contributed by atoms with Gasteiger partial charge in [-0.15, -0.1) is 0 Å². The van der Waals surface area contributed by atoms with Crippen molar-refractivity contribution < 1.29 is 4.74 Å². The molecule has 1 heterocycles. The van der Waals surface area contributed by atoms with Crippen molar-refractivity contribution in [2.24, 2.45) is 0 Å². The Morgan fingerprint density at radius 1 is 1.36 bits per heavy atom. The fraction of sp³-hybridized carbons (Fsp3) is 0.545. The number of nitrogens with zero attached hydrogens (tertiary/aromatic N) is 1. The molecule has 0 radical (unpaired) electrons. The smallest absolute Gasteiger partial charge is 0.0613 e. The van der Waals surface area contributed by atoms with Gasteiger partial charge in [-0.05, 0) is 31.5 Å². The minimum atomic E-state index is 0.336. The topological polar surface area (TPSA) is 34.1 Å². The van der Waals surface area contributed by atoms with Crippen LogP contribution < -0.4 is 5.32 Å². The summed E-state index contributed by atoms with van der Waals surface area (Å²) in [7, 11) is 1.72. The Morgan fingerprint density at radius 3 is 2.57 bits per heavy atom. The van der Waals surface area contributed by atoms with E-state index in [1.807, 2.05) is 24.5 Å². The summed E-state index contributed by atoms with van der Waals surface area (Å²) in [6, 6.07) is 4.75. The molecule has 3 heteroatoms. The first-order chi connectivity index (χ1) is 6.74. The standard InChI is InChI=1S/C11H18N2O/c1-9(8-14-3)13-10(2)11-4-6-12-7-5-11/h4-7,9-10,13H,8H2,1-3H3/t9-,10-/m1/s1. The zero-order valence-electron chi connectivity index (χ0n) is 9.03. The van der Waals surface area contributed by atoms with Gasteiger partial charge in [0, 0.05) is 31.6 Å². The first-order valence-electron chi connectivity index (χ1n) is 4.89. The van der Waals surface area contributed by atoms with Crippen LogP contribution in [0.1, 0.15) is 25.5 Å². The number of nitrogens with one attached hydrogen (secondary N) is 1. The van der Waals surface area contributed by atoms with Crippen molar-refractivity contribution in [2.75, 3.05) is 13.7 Å². The largest absolute Gasteiger partial charge is 0.383 e. The van der Waals surface area contributed by atoms with Crippen molar-refractivity contribution in [3.63, 3.8) is 0 Å². The van der Waals surface area contributed by atoms with Gasteiger partial charge in [-0.2, -0.15) is 0 Å². The Morgan fingerprint density at radius 2 is 2.00 bits per heavy atom. The molecular formula is C11H18N2O. The monoisotopic (exact) mass is 194 g/mol. The molecule has 14 heavy (non-hydrogen) atoms. The molecule has 0 aromatic carbocycles. The Bertz CT molecular complexity index is 251. The Labute approximate surface area is 85.5 Å². The third-order valence-corrected chi connectivity index (χ3v) is 2.16. The maximum absolute atomic E-state index is 5.07. The van der Waals surface area contributed by atoms with Gasteiger partial charge in [0.15, 0.2) is 0 Å². The minimum absolute atomic E-state index is 0.336. The van der Waals surface area contributed by atoms with Crippen LogP contribution in [0.4, 0.5) is 0 Å². The van der Waals surface area contributed by atoms with Gasteiger partial charge >= 0.3 is 0 Å². The number of hydrogen-bond acceptors (Lipinski definition) is 3. The molecule has 0 aliphatic rings. The van der Waals surface area contributed by atoms with Crippen molar-refractivity contribution in [2.45, 2.75) is 25.9 Å². The first kappa shape index (κ1) is 11.1. The predicted octanol–water partition coefficient (Wildman–Crippen LogP) is 1.77. The Hall–Kier alpha value is -0.930. The fourth-order valence-electron chi connectivity index (χ4n) is 1.47. The van der Waals surface area contributed by atoms with E-state index in [0.717, 1.165) is 6.61 Å². The molecule has 0 bridgehead atoms. The summed E-state index contributed by atoms with van der Waals surface area (Å²) < 4.78 is 5.07. The third kappa shape index (κ3) is 3.44. The van der Waals surface area contributed by atoms with Gasteiger partial charge in [0.2, 0.25) is 0 Å². The lowest BCUT2D eigenvalue weighted by atomic mass is 10.1. The molecule has 1 rings (SSSR count). The van der Waals surface area contributed by atoms with Crippen molar-refractivity contribution >= 4 is 0 Å². The molecule has 0 aliphatic carbocycles. The molecule has 1 N–H and O–H groups in total. The van der Waals surface area contributed by atoms with Gasteiger partial charge in [-0.25, -0.2) is 0 Å². The quantitative estimate of drug-likeness (QED) is 0.775. The molecule has 2 atom stereocenters. The van der Waals surface area contributed by atoms with E-state index < -0.39 is 0 Å². The van der Waals surface area contributed by atoms with E-state index in [-0.39, 0.29) is 0 Å². The lowest BCUT2D eigenvalue weighted by Gasteiger charge is -2.19. The van der Waals surface area contributed by atoms with E-state index in [9.17, 15) is 0 Å². The highest BCUT2D eigenvalue weighted by Crippen LogP contribution is 2.10. The molecule has 0 fully saturated rings. The summed E-state index contributed by atoms with van der Waals surface area (Å²) >= 11 is 0. The van der Waals surface area contributed by atoms with Gasteiger partial charge < -0.3 is 10.1 Å². The molecule has 0 aliphatic heterocycles. The molecule has 0 unspecified atom stereocenters. The second-order valence-electron chi connectivity index (χ2n) is 3.53. The van der Waals surface area contributed by atoms with E-state index in [1.165, 1.54) is 5.56 Å². The zero-order valence-corrected chi connectivity index (χ0v) is 9.03. The van der Waals surface area contributed by atoms with Crippen LogP contribution in [0.15, 0.2) is 24.5 Å². The van der Waals surface area contributed by atoms with Crippen molar-refractivity contribution in [1.29, 1.82) is 0 Å². The molecule has 78 valence electrons. The van der Waals surface area contributed by atoms with Crippen LogP contribution in [-0.2, 0) is 4.74 Å². The second kappa shape index (κ2) is 5.73. The van der Waals surface area contributed by atoms with E-state index in [2.05, 4.69) is 24.1 Å². The van der Waals surface area contributed by atoms with Crippen molar-refractivity contribution in [3.05, 3.63) is 30.1 Å². The molecule has 1 aromatic rings. The Balaban J connectivity index is 2.46. The van der Waals surface area contributed by atoms with E-state index in [0.29, 0.717) is 12.1 Å². The van der Waals surface area contributed by atoms with Gasteiger partial charge in [-0.3, -0.25) is 4.98 Å². The first-order valence-corrected chi connectivity index (χ1v) is 4.89. The maximum Gasteiger partial charge on any atom is 0.0613 e. The van der Waals surface area contributed by atoms with Gasteiger partial charge in [0.05, 0.1) is 6.61 Å². The summed E-state index contributed by atoms with van der Waals surface area (Å²) in [6.45, 7) is 4.98. The second-order valence-corrected chi connectivity index (χ2v) is 3.53. The van der Waals surface area contributed by atoms with Crippen LogP contribution >= 0.6 is 0 Å². The number of rotatable bonds is 5. The average Bonchev–Trinajstić information content (AvgIpc) is 2.19. The third-order valence-electron chi connectivity index (χ3n) is 2.16. The Kier molecular flexibility index (Phi) is 4.56. The van der Waals surface area contributed by atoms with Crippen LogP contribution in [0.25, 0.3) is 0 Å². The average molecular weight is 194 g/mol. The number of aromatic nitrogens is 1. The van der Waals surface area contributed by atoms with Gasteiger partial charge in [0.1, 0.15) is 0 Å². The molecule has 0 saturated carbocycles. The fourth-order valence-corrected chi connectivity index (χ4v) is 1.47. The summed E-state index contributed by atoms with van der Waals surface area (Å²) in [6.07, 6.45) is 3.63. The van der Waals surface area contributed by atoms with Crippen molar-refractivity contribution in [1.82, 2.24) is 10.3 Å². The zero-order chi connectivity index (χ0) is 10.4. The van der Waals surface area contributed by atoms with Crippen LogP contribution in [0.5, 0.6) is 0 Å². The number of pyridine rings is 1. The van der Waals surface area contributed by atoms with Crippen LogP contribution in [0, 0.1) is 0 Å².